The third-order valence-corrected chi connectivity index (χ3v) is 11.7. The van der Waals surface area contributed by atoms with Gasteiger partial charge in [-0.2, -0.15) is 23.1 Å². The van der Waals surface area contributed by atoms with Crippen LogP contribution in [0.15, 0.2) is 24.3 Å². The van der Waals surface area contributed by atoms with Crippen molar-refractivity contribution >= 4 is 33.4 Å². The van der Waals surface area contributed by atoms with E-state index in [0.29, 0.717) is 18.2 Å². The highest BCUT2D eigenvalue weighted by molar-refractivity contribution is 6.04. The largest absolute Gasteiger partial charge is 0.508 e. The maximum atomic E-state index is 17.2. The molecule has 5 heterocycles. The molecule has 4 aromatic rings. The van der Waals surface area contributed by atoms with Gasteiger partial charge in [0.15, 0.2) is 5.82 Å². The fourth-order valence-electron chi connectivity index (χ4n) is 8.87. The molecule has 5 fully saturated rings. The number of aromatic nitrogens is 3. The summed E-state index contributed by atoms with van der Waals surface area (Å²) in [5.41, 5.74) is -0.858. The summed E-state index contributed by atoms with van der Waals surface area (Å²) in [5, 5.41) is 11.2. The number of hydrogen-bond acceptors (Lipinski definition) is 9. The van der Waals surface area contributed by atoms with Gasteiger partial charge >= 0.3 is 18.1 Å². The van der Waals surface area contributed by atoms with Crippen molar-refractivity contribution in [2.75, 3.05) is 51.3 Å². The van der Waals surface area contributed by atoms with Crippen molar-refractivity contribution in [1.29, 1.82) is 0 Å². The Morgan fingerprint density at radius 2 is 1.75 bits per heavy atom. The molecule has 276 valence electrons. The van der Waals surface area contributed by atoms with E-state index in [0.717, 1.165) is 55.3 Å². The molecule has 1 amide bonds. The highest BCUT2D eigenvalue weighted by atomic mass is 19.4. The van der Waals surface area contributed by atoms with Crippen molar-refractivity contribution in [2.45, 2.75) is 50.4 Å². The molecule has 1 N–H and O–H groups in total. The first kappa shape index (κ1) is 33.8. The summed E-state index contributed by atoms with van der Waals surface area (Å²) in [6, 6.07) is 3.49. The van der Waals surface area contributed by atoms with Crippen LogP contribution in [0.2, 0.25) is 0 Å². The zero-order chi connectivity index (χ0) is 37.0. The number of rotatable bonds is 8. The summed E-state index contributed by atoms with van der Waals surface area (Å²) in [6.07, 6.45) is 4.57. The number of piperidine rings is 1. The van der Waals surface area contributed by atoms with E-state index in [-0.39, 0.29) is 81.7 Å². The lowest BCUT2D eigenvalue weighted by atomic mass is 9.95. The predicted molar refractivity (Wildman–Crippen MR) is 183 cm³/mol. The molecular weight excluding hydrogens is 699 g/mol. The number of anilines is 1. The number of phenolic OH excluding ortho intramolecular Hbond substituents is 1. The number of carbonyl (C=O) groups is 1. The number of likely N-dealkylation sites (tertiary alicyclic amines) is 1. The summed E-state index contributed by atoms with van der Waals surface area (Å²) in [6.45, 7) is 3.27. The van der Waals surface area contributed by atoms with Crippen LogP contribution in [0.1, 0.15) is 37.7 Å². The molecule has 0 spiro atoms. The molecule has 15 heteroatoms. The van der Waals surface area contributed by atoms with Crippen LogP contribution in [0.25, 0.3) is 32.9 Å². The Hall–Kier alpha value is -4.97. The SMILES string of the molecule is C#Cc1c(F)ccc2cc(O)cc(-c3nc(OC)c4c(N5CC6CCC(C5)N6C(=O)C(F)(F)F)nc(OCC5(CN6CC7CC7C6)CC5)nc4c3F)c12. The maximum Gasteiger partial charge on any atom is 0.471 e. The van der Waals surface area contributed by atoms with Crippen LogP contribution in [0.4, 0.5) is 27.8 Å². The van der Waals surface area contributed by atoms with Crippen LogP contribution in [-0.2, 0) is 4.79 Å². The van der Waals surface area contributed by atoms with Crippen molar-refractivity contribution in [1.82, 2.24) is 24.8 Å². The first-order chi connectivity index (χ1) is 25.4. The van der Waals surface area contributed by atoms with Gasteiger partial charge in [-0.25, -0.2) is 13.8 Å². The van der Waals surface area contributed by atoms with Gasteiger partial charge in [0.1, 0.15) is 34.0 Å². The van der Waals surface area contributed by atoms with Crippen molar-refractivity contribution < 1.29 is 41.3 Å². The summed E-state index contributed by atoms with van der Waals surface area (Å²) in [5.74, 6) is 0.0690. The molecule has 9 rings (SSSR count). The Morgan fingerprint density at radius 1 is 1.04 bits per heavy atom. The van der Waals surface area contributed by atoms with Gasteiger partial charge in [-0.15, -0.1) is 6.42 Å². The number of carbonyl (C=O) groups excluding carboxylic acids is 1. The molecule has 53 heavy (non-hydrogen) atoms. The smallest absolute Gasteiger partial charge is 0.471 e. The van der Waals surface area contributed by atoms with E-state index in [9.17, 15) is 27.5 Å². The second-order valence-electron chi connectivity index (χ2n) is 15.2. The molecule has 0 radical (unpaired) electrons. The molecule has 2 aromatic carbocycles. The van der Waals surface area contributed by atoms with Gasteiger partial charge in [0.2, 0.25) is 5.88 Å². The molecule has 3 aliphatic heterocycles. The third-order valence-electron chi connectivity index (χ3n) is 11.7. The first-order valence-electron chi connectivity index (χ1n) is 17.7. The van der Waals surface area contributed by atoms with E-state index in [1.807, 2.05) is 0 Å². The highest BCUT2D eigenvalue weighted by Crippen LogP contribution is 2.51. The molecule has 2 aromatic heterocycles. The Bertz CT molecular complexity index is 2220. The molecule has 3 saturated heterocycles. The molecular formula is C38H35F5N6O4. The van der Waals surface area contributed by atoms with Crippen LogP contribution in [0.5, 0.6) is 17.6 Å². The number of alkyl halides is 3. The van der Waals surface area contributed by atoms with Gasteiger partial charge in [0, 0.05) is 49.1 Å². The minimum atomic E-state index is -5.02. The molecule has 4 unspecified atom stereocenters. The predicted octanol–water partition coefficient (Wildman–Crippen LogP) is 5.67. The molecule has 10 nitrogen and oxygen atoms in total. The number of ether oxygens (including phenoxy) is 2. The fraction of sp³-hybridized carbons (Fsp3) is 0.474. The van der Waals surface area contributed by atoms with Gasteiger partial charge in [0.25, 0.3) is 0 Å². The standard InChI is InChI=1S/C38H35F5N6O4/c1-3-25-27(39)7-4-19-11-24(50)12-26(28(19)25)31-30(40)32-29(34(44-31)52-2)33(48-15-22-5-6-23(16-48)49(22)35(51)38(41,42)43)46-36(45-32)53-18-37(8-9-37)17-47-13-20-10-21(20)14-47/h1,4,7,11-12,20-23,50H,5-6,8-10,13-18H2,2H3. The lowest BCUT2D eigenvalue weighted by molar-refractivity contribution is -0.188. The van der Waals surface area contributed by atoms with Crippen molar-refractivity contribution in [3.05, 3.63) is 41.5 Å². The third kappa shape index (κ3) is 5.73. The minimum Gasteiger partial charge on any atom is -0.508 e. The number of nitrogens with zero attached hydrogens (tertiary/aromatic N) is 6. The summed E-state index contributed by atoms with van der Waals surface area (Å²) >= 11 is 0. The van der Waals surface area contributed by atoms with Crippen molar-refractivity contribution in [3.8, 4) is 41.2 Å². The molecule has 2 aliphatic carbocycles. The quantitative estimate of drug-likeness (QED) is 0.181. The van der Waals surface area contributed by atoms with E-state index in [2.05, 4.69) is 20.8 Å². The van der Waals surface area contributed by atoms with Gasteiger partial charge in [-0.05, 0) is 67.5 Å². The summed E-state index contributed by atoms with van der Waals surface area (Å²) < 4.78 is 84.9. The van der Waals surface area contributed by atoms with Gasteiger partial charge in [-0.3, -0.25) is 4.79 Å². The second-order valence-corrected chi connectivity index (χ2v) is 15.2. The Morgan fingerprint density at radius 3 is 2.40 bits per heavy atom. The number of methoxy groups -OCH3 is 1. The van der Waals surface area contributed by atoms with Gasteiger partial charge in [-0.1, -0.05) is 12.0 Å². The van der Waals surface area contributed by atoms with Crippen LogP contribution >= 0.6 is 0 Å². The number of fused-ring (bicyclic) bond motifs is 5. The molecule has 5 aliphatic rings. The number of hydrogen-bond donors (Lipinski definition) is 1. The number of amides is 1. The number of terminal acetylenes is 1. The number of phenols is 1. The fourth-order valence-corrected chi connectivity index (χ4v) is 8.87. The zero-order valence-corrected chi connectivity index (χ0v) is 28.7. The van der Waals surface area contributed by atoms with Crippen LogP contribution in [0, 0.1) is 41.2 Å². The maximum absolute atomic E-state index is 17.2. The zero-order valence-electron chi connectivity index (χ0n) is 28.7. The lowest BCUT2D eigenvalue weighted by Crippen LogP contribution is -2.59. The normalized spacial score (nSPS) is 24.4. The topological polar surface area (TPSA) is 104 Å². The number of halogens is 5. The average molecular weight is 735 g/mol. The van der Waals surface area contributed by atoms with E-state index in [1.165, 1.54) is 31.7 Å². The number of benzene rings is 2. The number of aromatic hydroxyl groups is 1. The van der Waals surface area contributed by atoms with E-state index < -0.39 is 35.8 Å². The Kier molecular flexibility index (Phi) is 7.68. The van der Waals surface area contributed by atoms with Crippen LogP contribution in [0.3, 0.4) is 0 Å². The monoisotopic (exact) mass is 734 g/mol. The minimum absolute atomic E-state index is 0.00861. The highest BCUT2D eigenvalue weighted by Gasteiger charge is 2.53. The lowest BCUT2D eigenvalue weighted by Gasteiger charge is -2.42. The molecule has 4 atom stereocenters. The first-order valence-corrected chi connectivity index (χ1v) is 17.7. The second kappa shape index (κ2) is 12.0. The number of piperazine rings is 1. The Balaban J connectivity index is 1.16. The molecule has 2 bridgehead atoms. The average Bonchev–Trinajstić information content (AvgIpc) is 4.01. The van der Waals surface area contributed by atoms with Crippen molar-refractivity contribution in [3.63, 3.8) is 0 Å². The van der Waals surface area contributed by atoms with Gasteiger partial charge < -0.3 is 29.3 Å². The van der Waals surface area contributed by atoms with E-state index in [4.69, 9.17) is 20.9 Å². The Labute approximate surface area is 300 Å². The van der Waals surface area contributed by atoms with Crippen LogP contribution < -0.4 is 14.4 Å². The van der Waals surface area contributed by atoms with E-state index in [1.54, 1.807) is 4.90 Å². The number of pyridine rings is 1. The summed E-state index contributed by atoms with van der Waals surface area (Å²) in [4.78, 5) is 31.3. The molecule has 2 saturated carbocycles. The van der Waals surface area contributed by atoms with Crippen LogP contribution in [-0.4, -0.2) is 100 Å². The van der Waals surface area contributed by atoms with E-state index >= 15 is 4.39 Å². The van der Waals surface area contributed by atoms with Crippen molar-refractivity contribution in [2.24, 2.45) is 17.3 Å². The van der Waals surface area contributed by atoms with Gasteiger partial charge in [0.05, 0.1) is 31.4 Å². The summed E-state index contributed by atoms with van der Waals surface area (Å²) in [7, 11) is 1.31.